The van der Waals surface area contributed by atoms with Crippen LogP contribution in [0.5, 0.6) is 0 Å². The number of allylic oxidation sites excluding steroid dienone is 2. The highest BCUT2D eigenvalue weighted by Gasteiger charge is 2.39. The molecular formula is C15H14ClNO3. The largest absolute Gasteiger partial charge is 0.478 e. The lowest BCUT2D eigenvalue weighted by molar-refractivity contribution is -0.120. The molecule has 104 valence electrons. The van der Waals surface area contributed by atoms with Crippen molar-refractivity contribution in [1.29, 1.82) is 0 Å². The van der Waals surface area contributed by atoms with E-state index in [4.69, 9.17) is 16.7 Å². The molecule has 0 radical (unpaired) electrons. The minimum absolute atomic E-state index is 0.0569. The van der Waals surface area contributed by atoms with Crippen LogP contribution < -0.4 is 5.32 Å². The zero-order valence-corrected chi connectivity index (χ0v) is 11.4. The van der Waals surface area contributed by atoms with Crippen LogP contribution in [0.2, 0.25) is 5.02 Å². The molecule has 5 heteroatoms. The second-order valence-corrected chi connectivity index (χ2v) is 5.81. The third kappa shape index (κ3) is 2.31. The lowest BCUT2D eigenvalue weighted by Gasteiger charge is -2.18. The number of nitrogens with one attached hydrogen (secondary N) is 1. The molecule has 0 spiro atoms. The molecule has 0 aromatic heterocycles. The number of rotatable bonds is 3. The predicted molar refractivity (Wildman–Crippen MR) is 75.9 cm³/mol. The normalized spacial score (nSPS) is 26.8. The lowest BCUT2D eigenvalue weighted by atomic mass is 9.92. The first-order valence-corrected chi connectivity index (χ1v) is 6.94. The van der Waals surface area contributed by atoms with Crippen molar-refractivity contribution in [2.24, 2.45) is 17.8 Å². The van der Waals surface area contributed by atoms with Crippen LogP contribution in [0, 0.1) is 17.8 Å². The Morgan fingerprint density at radius 1 is 1.25 bits per heavy atom. The van der Waals surface area contributed by atoms with Gasteiger partial charge in [0.25, 0.3) is 0 Å². The topological polar surface area (TPSA) is 66.4 Å². The summed E-state index contributed by atoms with van der Waals surface area (Å²) in [6.45, 7) is 0. The average Bonchev–Trinajstić information content (AvgIpc) is 3.00. The first-order chi connectivity index (χ1) is 9.54. The third-order valence-electron chi connectivity index (χ3n) is 4.09. The summed E-state index contributed by atoms with van der Waals surface area (Å²) in [5.74, 6) is -0.483. The van der Waals surface area contributed by atoms with Gasteiger partial charge in [-0.15, -0.1) is 0 Å². The quantitative estimate of drug-likeness (QED) is 0.841. The fourth-order valence-electron chi connectivity index (χ4n) is 3.11. The standard InChI is InChI=1S/C15H14ClNO3/c16-10-3-4-11(15(19)20)13(7-10)17-14(18)12-6-8-1-2-9(12)5-8/h1-4,7-9,12H,5-6H2,(H,17,18)(H,19,20). The maximum Gasteiger partial charge on any atom is 0.337 e. The molecule has 3 rings (SSSR count). The maximum atomic E-state index is 12.3. The predicted octanol–water partition coefficient (Wildman–Crippen LogP) is 3.19. The summed E-state index contributed by atoms with van der Waals surface area (Å²) in [6.07, 6.45) is 6.13. The van der Waals surface area contributed by atoms with Crippen LogP contribution in [0.3, 0.4) is 0 Å². The van der Waals surface area contributed by atoms with E-state index in [2.05, 4.69) is 17.5 Å². The molecule has 20 heavy (non-hydrogen) atoms. The summed E-state index contributed by atoms with van der Waals surface area (Å²) in [5, 5.41) is 12.3. The van der Waals surface area contributed by atoms with Gasteiger partial charge in [-0.3, -0.25) is 4.79 Å². The number of aromatic carboxylic acids is 1. The second kappa shape index (κ2) is 4.94. The Labute approximate surface area is 121 Å². The van der Waals surface area contributed by atoms with E-state index in [0.29, 0.717) is 10.9 Å². The SMILES string of the molecule is O=C(O)c1ccc(Cl)cc1NC(=O)C1CC2C=CC1C2. The van der Waals surface area contributed by atoms with Gasteiger partial charge in [0.05, 0.1) is 11.3 Å². The van der Waals surface area contributed by atoms with Crippen LogP contribution in [0.25, 0.3) is 0 Å². The van der Waals surface area contributed by atoms with E-state index in [9.17, 15) is 9.59 Å². The smallest absolute Gasteiger partial charge is 0.337 e. The number of fused-ring (bicyclic) bond motifs is 2. The van der Waals surface area contributed by atoms with Crippen molar-refractivity contribution in [2.75, 3.05) is 5.32 Å². The molecule has 3 unspecified atom stereocenters. The number of carboxylic acid groups (broad SMARTS) is 1. The first kappa shape index (κ1) is 13.2. The molecule has 1 amide bonds. The zero-order valence-electron chi connectivity index (χ0n) is 10.7. The van der Waals surface area contributed by atoms with E-state index < -0.39 is 5.97 Å². The molecule has 0 heterocycles. The second-order valence-electron chi connectivity index (χ2n) is 5.37. The number of carbonyl (C=O) groups excluding carboxylic acids is 1. The average molecular weight is 292 g/mol. The van der Waals surface area contributed by atoms with E-state index in [1.807, 2.05) is 0 Å². The number of carbonyl (C=O) groups is 2. The Kier molecular flexibility index (Phi) is 3.26. The molecule has 1 aromatic rings. The van der Waals surface area contributed by atoms with Crippen LogP contribution in [0.15, 0.2) is 30.4 Å². The Morgan fingerprint density at radius 3 is 2.65 bits per heavy atom. The van der Waals surface area contributed by atoms with Crippen molar-refractivity contribution in [3.05, 3.63) is 40.9 Å². The van der Waals surface area contributed by atoms with Crippen molar-refractivity contribution in [1.82, 2.24) is 0 Å². The molecule has 2 N–H and O–H groups in total. The van der Waals surface area contributed by atoms with Gasteiger partial charge in [0.2, 0.25) is 5.91 Å². The van der Waals surface area contributed by atoms with Crippen molar-refractivity contribution in [3.8, 4) is 0 Å². The summed E-state index contributed by atoms with van der Waals surface area (Å²) < 4.78 is 0. The molecular weight excluding hydrogens is 278 g/mol. The number of hydrogen-bond acceptors (Lipinski definition) is 2. The van der Waals surface area contributed by atoms with E-state index in [1.165, 1.54) is 18.2 Å². The van der Waals surface area contributed by atoms with Gasteiger partial charge in [-0.1, -0.05) is 23.8 Å². The van der Waals surface area contributed by atoms with Crippen LogP contribution in [0.1, 0.15) is 23.2 Å². The molecule has 1 saturated carbocycles. The molecule has 4 nitrogen and oxygen atoms in total. The highest BCUT2D eigenvalue weighted by molar-refractivity contribution is 6.31. The van der Waals surface area contributed by atoms with Crippen molar-refractivity contribution >= 4 is 29.2 Å². The molecule has 2 aliphatic carbocycles. The van der Waals surface area contributed by atoms with Gasteiger partial charge in [-0.05, 0) is 42.9 Å². The van der Waals surface area contributed by atoms with Gasteiger partial charge in [0.1, 0.15) is 0 Å². The molecule has 2 aliphatic rings. The third-order valence-corrected chi connectivity index (χ3v) is 4.32. The highest BCUT2D eigenvalue weighted by atomic mass is 35.5. The fourth-order valence-corrected chi connectivity index (χ4v) is 3.29. The van der Waals surface area contributed by atoms with Crippen molar-refractivity contribution < 1.29 is 14.7 Å². The number of benzene rings is 1. The summed E-state index contributed by atoms with van der Waals surface area (Å²) in [4.78, 5) is 23.5. The molecule has 1 aromatic carbocycles. The van der Waals surface area contributed by atoms with Crippen LogP contribution >= 0.6 is 11.6 Å². The van der Waals surface area contributed by atoms with Gasteiger partial charge < -0.3 is 10.4 Å². The van der Waals surface area contributed by atoms with Crippen molar-refractivity contribution in [2.45, 2.75) is 12.8 Å². The number of amides is 1. The molecule has 0 aliphatic heterocycles. The Hall–Kier alpha value is -1.81. The van der Waals surface area contributed by atoms with E-state index in [1.54, 1.807) is 0 Å². The highest BCUT2D eigenvalue weighted by Crippen LogP contribution is 2.43. The van der Waals surface area contributed by atoms with Gasteiger partial charge in [0, 0.05) is 10.9 Å². The van der Waals surface area contributed by atoms with Crippen LogP contribution in [-0.2, 0) is 4.79 Å². The first-order valence-electron chi connectivity index (χ1n) is 6.56. The van der Waals surface area contributed by atoms with Crippen LogP contribution in [0.4, 0.5) is 5.69 Å². The van der Waals surface area contributed by atoms with Gasteiger partial charge >= 0.3 is 5.97 Å². The Bertz CT molecular complexity index is 611. The maximum absolute atomic E-state index is 12.3. The minimum Gasteiger partial charge on any atom is -0.478 e. The molecule has 1 fully saturated rings. The zero-order chi connectivity index (χ0) is 14.3. The number of hydrogen-bond donors (Lipinski definition) is 2. The van der Waals surface area contributed by atoms with E-state index in [-0.39, 0.29) is 29.0 Å². The van der Waals surface area contributed by atoms with Gasteiger partial charge in [-0.2, -0.15) is 0 Å². The van der Waals surface area contributed by atoms with Gasteiger partial charge in [-0.25, -0.2) is 4.79 Å². The summed E-state index contributed by atoms with van der Waals surface area (Å²) in [5.41, 5.74) is 0.322. The minimum atomic E-state index is -1.08. The lowest BCUT2D eigenvalue weighted by Crippen LogP contribution is -2.26. The molecule has 3 atom stereocenters. The monoisotopic (exact) mass is 291 g/mol. The number of anilines is 1. The Balaban J connectivity index is 1.81. The van der Waals surface area contributed by atoms with E-state index >= 15 is 0 Å². The summed E-state index contributed by atoms with van der Waals surface area (Å²) in [6, 6.07) is 4.38. The van der Waals surface area contributed by atoms with Gasteiger partial charge in [0.15, 0.2) is 0 Å². The number of carboxylic acids is 1. The summed E-state index contributed by atoms with van der Waals surface area (Å²) >= 11 is 5.87. The molecule has 2 bridgehead atoms. The molecule has 0 saturated heterocycles. The van der Waals surface area contributed by atoms with Crippen molar-refractivity contribution in [3.63, 3.8) is 0 Å². The van der Waals surface area contributed by atoms with E-state index in [0.717, 1.165) is 12.8 Å². The van der Waals surface area contributed by atoms with Crippen LogP contribution in [-0.4, -0.2) is 17.0 Å². The number of halogens is 1. The summed E-state index contributed by atoms with van der Waals surface area (Å²) in [7, 11) is 0. The Morgan fingerprint density at radius 2 is 2.05 bits per heavy atom. The fraction of sp³-hybridized carbons (Fsp3) is 0.333.